The van der Waals surface area contributed by atoms with E-state index in [9.17, 15) is 9.59 Å². The zero-order chi connectivity index (χ0) is 19.8. The molecule has 2 rings (SSSR count). The Morgan fingerprint density at radius 1 is 1.04 bits per heavy atom. The molecule has 27 heavy (non-hydrogen) atoms. The second-order valence-electron chi connectivity index (χ2n) is 6.36. The summed E-state index contributed by atoms with van der Waals surface area (Å²) in [5.74, 6) is -0.251. The Morgan fingerprint density at radius 3 is 2.30 bits per heavy atom. The SMILES string of the molecule is COc1ccc(CC(C)C(=O)NC(CC(=O)O)c2ccccc2)cc1OC. The highest BCUT2D eigenvalue weighted by Gasteiger charge is 2.22. The van der Waals surface area contributed by atoms with Crippen molar-refractivity contribution in [2.75, 3.05) is 14.2 Å². The maximum Gasteiger partial charge on any atom is 0.305 e. The lowest BCUT2D eigenvalue weighted by atomic mass is 9.98. The molecule has 6 heteroatoms. The normalized spacial score (nSPS) is 12.7. The Kier molecular flexibility index (Phi) is 7.23. The monoisotopic (exact) mass is 371 g/mol. The summed E-state index contributed by atoms with van der Waals surface area (Å²) in [6.07, 6.45) is 0.333. The van der Waals surface area contributed by atoms with Crippen LogP contribution in [0, 0.1) is 5.92 Å². The van der Waals surface area contributed by atoms with Crippen LogP contribution in [-0.2, 0) is 16.0 Å². The molecule has 2 aromatic rings. The Balaban J connectivity index is 2.08. The lowest BCUT2D eigenvalue weighted by Crippen LogP contribution is -2.34. The van der Waals surface area contributed by atoms with E-state index in [1.807, 2.05) is 49.4 Å². The fourth-order valence-corrected chi connectivity index (χ4v) is 2.88. The summed E-state index contributed by atoms with van der Waals surface area (Å²) in [4.78, 5) is 23.8. The first-order valence-corrected chi connectivity index (χ1v) is 8.72. The van der Waals surface area contributed by atoms with Crippen molar-refractivity contribution in [3.05, 3.63) is 59.7 Å². The molecule has 144 valence electrons. The zero-order valence-corrected chi connectivity index (χ0v) is 15.8. The molecule has 0 aliphatic heterocycles. The largest absolute Gasteiger partial charge is 0.493 e. The van der Waals surface area contributed by atoms with Crippen LogP contribution in [0.4, 0.5) is 0 Å². The third-order valence-electron chi connectivity index (χ3n) is 4.33. The van der Waals surface area contributed by atoms with Crippen molar-refractivity contribution in [1.82, 2.24) is 5.32 Å². The Hall–Kier alpha value is -3.02. The molecule has 6 nitrogen and oxygen atoms in total. The van der Waals surface area contributed by atoms with Gasteiger partial charge in [0.25, 0.3) is 0 Å². The van der Waals surface area contributed by atoms with Gasteiger partial charge in [0.15, 0.2) is 11.5 Å². The first-order valence-electron chi connectivity index (χ1n) is 8.72. The predicted molar refractivity (Wildman–Crippen MR) is 102 cm³/mol. The van der Waals surface area contributed by atoms with Gasteiger partial charge in [0.2, 0.25) is 5.91 Å². The van der Waals surface area contributed by atoms with Crippen LogP contribution in [0.5, 0.6) is 11.5 Å². The van der Waals surface area contributed by atoms with Crippen molar-refractivity contribution in [2.45, 2.75) is 25.8 Å². The molecule has 0 fully saturated rings. The first kappa shape index (κ1) is 20.3. The van der Waals surface area contributed by atoms with Crippen LogP contribution >= 0.6 is 0 Å². The molecule has 0 aliphatic carbocycles. The molecule has 2 atom stereocenters. The van der Waals surface area contributed by atoms with Crippen molar-refractivity contribution < 1.29 is 24.2 Å². The van der Waals surface area contributed by atoms with Gasteiger partial charge in [-0.05, 0) is 29.7 Å². The van der Waals surface area contributed by atoms with Gasteiger partial charge in [0.05, 0.1) is 26.7 Å². The van der Waals surface area contributed by atoms with Crippen molar-refractivity contribution >= 4 is 11.9 Å². The summed E-state index contributed by atoms with van der Waals surface area (Å²) in [5.41, 5.74) is 1.70. The molecule has 0 saturated heterocycles. The quantitative estimate of drug-likeness (QED) is 0.707. The fourth-order valence-electron chi connectivity index (χ4n) is 2.88. The van der Waals surface area contributed by atoms with Gasteiger partial charge in [-0.25, -0.2) is 0 Å². The summed E-state index contributed by atoms with van der Waals surface area (Å²) >= 11 is 0. The number of hydrogen-bond donors (Lipinski definition) is 2. The minimum atomic E-state index is -0.961. The van der Waals surface area contributed by atoms with E-state index in [2.05, 4.69) is 5.32 Å². The van der Waals surface area contributed by atoms with Gasteiger partial charge in [-0.15, -0.1) is 0 Å². The molecule has 0 spiro atoms. The van der Waals surface area contributed by atoms with Gasteiger partial charge in [-0.2, -0.15) is 0 Å². The number of aliphatic carboxylic acids is 1. The van der Waals surface area contributed by atoms with Crippen molar-refractivity contribution in [3.63, 3.8) is 0 Å². The Bertz CT molecular complexity index is 775. The number of benzene rings is 2. The van der Waals surface area contributed by atoms with E-state index in [4.69, 9.17) is 14.6 Å². The lowest BCUT2D eigenvalue weighted by molar-refractivity contribution is -0.137. The van der Waals surface area contributed by atoms with Crippen molar-refractivity contribution in [1.29, 1.82) is 0 Å². The molecule has 1 amide bonds. The van der Waals surface area contributed by atoms with Gasteiger partial charge in [0, 0.05) is 5.92 Å². The highest BCUT2D eigenvalue weighted by molar-refractivity contribution is 5.80. The number of carboxylic acids is 1. The van der Waals surface area contributed by atoms with Gasteiger partial charge in [-0.1, -0.05) is 43.3 Å². The number of amides is 1. The Labute approximate surface area is 159 Å². The summed E-state index contributed by atoms with van der Waals surface area (Å²) in [7, 11) is 3.13. The summed E-state index contributed by atoms with van der Waals surface area (Å²) in [6, 6.07) is 14.1. The number of ether oxygens (including phenoxy) is 2. The highest BCUT2D eigenvalue weighted by Crippen LogP contribution is 2.28. The van der Waals surface area contributed by atoms with Crippen LogP contribution in [0.15, 0.2) is 48.5 Å². The lowest BCUT2D eigenvalue weighted by Gasteiger charge is -2.20. The standard InChI is InChI=1S/C21H25NO5/c1-14(11-15-9-10-18(26-2)19(12-15)27-3)21(25)22-17(13-20(23)24)16-7-5-4-6-8-16/h4-10,12,14,17H,11,13H2,1-3H3,(H,22,25)(H,23,24). The van der Waals surface area contributed by atoms with Crippen LogP contribution in [0.25, 0.3) is 0 Å². The Morgan fingerprint density at radius 2 is 1.70 bits per heavy atom. The number of carboxylic acid groups (broad SMARTS) is 1. The van der Waals surface area contributed by atoms with Crippen LogP contribution in [0.1, 0.15) is 30.5 Å². The van der Waals surface area contributed by atoms with Crippen molar-refractivity contribution in [3.8, 4) is 11.5 Å². The highest BCUT2D eigenvalue weighted by atomic mass is 16.5. The average Bonchev–Trinajstić information content (AvgIpc) is 2.67. The molecule has 2 aromatic carbocycles. The van der Waals surface area contributed by atoms with Gasteiger partial charge in [-0.3, -0.25) is 9.59 Å². The summed E-state index contributed by atoms with van der Waals surface area (Å²) in [5, 5.41) is 12.0. The van der Waals surface area contributed by atoms with E-state index >= 15 is 0 Å². The maximum atomic E-state index is 12.6. The summed E-state index contributed by atoms with van der Waals surface area (Å²) < 4.78 is 10.5. The van der Waals surface area contributed by atoms with E-state index in [0.29, 0.717) is 17.9 Å². The van der Waals surface area contributed by atoms with E-state index in [1.165, 1.54) is 0 Å². The van der Waals surface area contributed by atoms with Crippen LogP contribution in [0.2, 0.25) is 0 Å². The number of rotatable bonds is 9. The van der Waals surface area contributed by atoms with E-state index in [1.54, 1.807) is 20.3 Å². The number of nitrogens with one attached hydrogen (secondary N) is 1. The van der Waals surface area contributed by atoms with Crippen molar-refractivity contribution in [2.24, 2.45) is 5.92 Å². The zero-order valence-electron chi connectivity index (χ0n) is 15.8. The second-order valence-corrected chi connectivity index (χ2v) is 6.36. The van der Waals surface area contributed by atoms with Crippen LogP contribution in [0.3, 0.4) is 0 Å². The molecule has 0 bridgehead atoms. The minimum Gasteiger partial charge on any atom is -0.493 e. The fraction of sp³-hybridized carbons (Fsp3) is 0.333. The van der Waals surface area contributed by atoms with Crippen LogP contribution in [-0.4, -0.2) is 31.2 Å². The van der Waals surface area contributed by atoms with Crippen LogP contribution < -0.4 is 14.8 Å². The predicted octanol–water partition coefficient (Wildman–Crippen LogP) is 3.21. The number of methoxy groups -OCH3 is 2. The van der Waals surface area contributed by atoms with E-state index in [0.717, 1.165) is 11.1 Å². The van der Waals surface area contributed by atoms with Gasteiger partial charge in [0.1, 0.15) is 0 Å². The number of hydrogen-bond acceptors (Lipinski definition) is 4. The molecule has 2 N–H and O–H groups in total. The molecule has 0 aliphatic rings. The topological polar surface area (TPSA) is 84.9 Å². The van der Waals surface area contributed by atoms with Gasteiger partial charge < -0.3 is 19.9 Å². The molecule has 0 saturated carbocycles. The second kappa shape index (κ2) is 9.62. The van der Waals surface area contributed by atoms with Gasteiger partial charge >= 0.3 is 5.97 Å². The molecule has 0 radical (unpaired) electrons. The maximum absolute atomic E-state index is 12.6. The molecule has 0 heterocycles. The average molecular weight is 371 g/mol. The minimum absolute atomic E-state index is 0.168. The molecule has 2 unspecified atom stereocenters. The summed E-state index contributed by atoms with van der Waals surface area (Å²) in [6.45, 7) is 1.81. The number of carbonyl (C=O) groups is 2. The third kappa shape index (κ3) is 5.74. The third-order valence-corrected chi connectivity index (χ3v) is 4.33. The molecule has 0 aromatic heterocycles. The first-order chi connectivity index (χ1) is 12.9. The molecular weight excluding hydrogens is 346 g/mol. The molecular formula is C21H25NO5. The van der Waals surface area contributed by atoms with E-state index < -0.39 is 12.0 Å². The number of carbonyl (C=O) groups excluding carboxylic acids is 1. The van der Waals surface area contributed by atoms with E-state index in [-0.39, 0.29) is 18.2 Å². The smallest absolute Gasteiger partial charge is 0.305 e.